The molecule has 0 aliphatic rings. The van der Waals surface area contributed by atoms with Gasteiger partial charge in [-0.1, -0.05) is 55.5 Å². The molecule has 1 nitrogen and oxygen atoms in total. The number of rotatable bonds is 4. The molecule has 2 aromatic carbocycles. The fraction of sp³-hybridized carbons (Fsp3) is 0.421. The second kappa shape index (κ2) is 6.57. The van der Waals surface area contributed by atoms with Gasteiger partial charge in [-0.3, -0.25) is 0 Å². The maximum absolute atomic E-state index is 5.90. The second-order valence-corrected chi connectivity index (χ2v) is 6.46. The number of thiocarbonyl (C=S) groups is 1. The minimum atomic E-state index is 0.404. The van der Waals surface area contributed by atoms with Crippen molar-refractivity contribution in [3.63, 3.8) is 0 Å². The zero-order valence-corrected chi connectivity index (χ0v) is 14.5. The number of hydrogen-bond donors (Lipinski definition) is 0. The highest BCUT2D eigenvalue weighted by molar-refractivity contribution is 7.80. The van der Waals surface area contributed by atoms with E-state index in [0.717, 1.165) is 11.4 Å². The summed E-state index contributed by atoms with van der Waals surface area (Å²) in [6.45, 7) is 11.0. The van der Waals surface area contributed by atoms with Crippen molar-refractivity contribution in [3.8, 4) is 0 Å². The molecule has 0 aliphatic heterocycles. The Kier molecular flexibility index (Phi) is 5.00. The summed E-state index contributed by atoms with van der Waals surface area (Å²) in [6.07, 6.45) is 1.00. The lowest BCUT2D eigenvalue weighted by atomic mass is 9.96. The molecule has 0 atom stereocenters. The van der Waals surface area contributed by atoms with Gasteiger partial charge in [-0.05, 0) is 50.5 Å². The highest BCUT2D eigenvalue weighted by atomic mass is 32.1. The summed E-state index contributed by atoms with van der Waals surface area (Å²) in [5.41, 5.74) is 2.58. The predicted molar refractivity (Wildman–Crippen MR) is 97.1 cm³/mol. The van der Waals surface area contributed by atoms with Crippen LogP contribution in [0.1, 0.15) is 45.7 Å². The molecule has 0 saturated carbocycles. The predicted octanol–water partition coefficient (Wildman–Crippen LogP) is 5.20. The molecule has 2 heteroatoms. The van der Waals surface area contributed by atoms with E-state index < -0.39 is 0 Å². The second-order valence-electron chi connectivity index (χ2n) is 6.07. The number of hydrogen-bond acceptors (Lipinski definition) is 1. The van der Waals surface area contributed by atoms with Crippen molar-refractivity contribution in [3.05, 3.63) is 47.5 Å². The molecule has 0 bridgehead atoms. The molecule has 0 unspecified atom stereocenters. The van der Waals surface area contributed by atoms with Crippen molar-refractivity contribution in [2.24, 2.45) is 0 Å². The molecule has 112 valence electrons. The van der Waals surface area contributed by atoms with Gasteiger partial charge in [0.25, 0.3) is 0 Å². The van der Waals surface area contributed by atoms with Gasteiger partial charge in [0, 0.05) is 17.6 Å². The SMILES string of the molecule is CCc1ccc2ccccc2c1C(=S)N(C(C)C)C(C)C. The maximum atomic E-state index is 5.90. The first-order chi connectivity index (χ1) is 9.97. The van der Waals surface area contributed by atoms with Crippen LogP contribution in [0.5, 0.6) is 0 Å². The van der Waals surface area contributed by atoms with Crippen LogP contribution in [0.4, 0.5) is 0 Å². The van der Waals surface area contributed by atoms with Gasteiger partial charge in [0.05, 0.1) is 0 Å². The summed E-state index contributed by atoms with van der Waals surface area (Å²) in [4.78, 5) is 3.32. The van der Waals surface area contributed by atoms with E-state index >= 15 is 0 Å². The van der Waals surface area contributed by atoms with Gasteiger partial charge < -0.3 is 4.90 Å². The van der Waals surface area contributed by atoms with Crippen molar-refractivity contribution < 1.29 is 0 Å². The Hall–Kier alpha value is -1.41. The molecule has 0 N–H and O–H groups in total. The normalized spacial score (nSPS) is 11.4. The van der Waals surface area contributed by atoms with E-state index in [9.17, 15) is 0 Å². The summed E-state index contributed by atoms with van der Waals surface area (Å²) in [7, 11) is 0. The third-order valence-corrected chi connectivity index (χ3v) is 4.37. The number of nitrogens with zero attached hydrogens (tertiary/aromatic N) is 1. The molecule has 2 aromatic rings. The summed E-state index contributed by atoms with van der Waals surface area (Å²) >= 11 is 5.90. The Balaban J connectivity index is 2.66. The smallest absolute Gasteiger partial charge is 0.110 e. The molecule has 2 rings (SSSR count). The molecular formula is C19H25NS. The lowest BCUT2D eigenvalue weighted by Gasteiger charge is -2.34. The zero-order chi connectivity index (χ0) is 15.6. The lowest BCUT2D eigenvalue weighted by Crippen LogP contribution is -2.41. The number of aryl methyl sites for hydroxylation is 1. The fourth-order valence-corrected chi connectivity index (χ4v) is 3.72. The van der Waals surface area contributed by atoms with Crippen LogP contribution in [0, 0.1) is 0 Å². The molecule has 0 aromatic heterocycles. The third kappa shape index (κ3) is 3.11. The van der Waals surface area contributed by atoms with Crippen LogP contribution in [-0.2, 0) is 6.42 Å². The monoisotopic (exact) mass is 299 g/mol. The average molecular weight is 299 g/mol. The van der Waals surface area contributed by atoms with Gasteiger partial charge in [0.2, 0.25) is 0 Å². The van der Waals surface area contributed by atoms with E-state index in [-0.39, 0.29) is 0 Å². The summed E-state index contributed by atoms with van der Waals surface area (Å²) < 4.78 is 0. The first-order valence-electron chi connectivity index (χ1n) is 7.80. The Labute approximate surface area is 134 Å². The van der Waals surface area contributed by atoms with E-state index in [0.29, 0.717) is 12.1 Å². The molecule has 0 fully saturated rings. The van der Waals surface area contributed by atoms with Crippen molar-refractivity contribution in [1.29, 1.82) is 0 Å². The van der Waals surface area contributed by atoms with Crippen LogP contribution in [0.25, 0.3) is 10.8 Å². The average Bonchev–Trinajstić information content (AvgIpc) is 2.45. The van der Waals surface area contributed by atoms with Gasteiger partial charge in [-0.2, -0.15) is 0 Å². The Bertz CT molecular complexity index is 635. The largest absolute Gasteiger partial charge is 0.357 e. The highest BCUT2D eigenvalue weighted by Crippen LogP contribution is 2.26. The molecule has 0 saturated heterocycles. The maximum Gasteiger partial charge on any atom is 0.110 e. The van der Waals surface area contributed by atoms with Crippen LogP contribution in [0.15, 0.2) is 36.4 Å². The van der Waals surface area contributed by atoms with Crippen LogP contribution in [-0.4, -0.2) is 22.0 Å². The van der Waals surface area contributed by atoms with Gasteiger partial charge in [0.15, 0.2) is 0 Å². The van der Waals surface area contributed by atoms with E-state index in [2.05, 4.69) is 75.9 Å². The van der Waals surface area contributed by atoms with E-state index in [1.54, 1.807) is 0 Å². The Morgan fingerprint density at radius 2 is 1.62 bits per heavy atom. The van der Waals surface area contributed by atoms with Crippen molar-refractivity contribution >= 4 is 28.0 Å². The van der Waals surface area contributed by atoms with E-state index in [1.165, 1.54) is 21.9 Å². The number of fused-ring (bicyclic) bond motifs is 1. The summed E-state index contributed by atoms with van der Waals surface area (Å²) in [5.74, 6) is 0. The molecule has 0 heterocycles. The van der Waals surface area contributed by atoms with Crippen molar-refractivity contribution in [1.82, 2.24) is 4.90 Å². The van der Waals surface area contributed by atoms with Gasteiger partial charge >= 0.3 is 0 Å². The highest BCUT2D eigenvalue weighted by Gasteiger charge is 2.21. The standard InChI is InChI=1S/C19H25NS/c1-6-15-11-12-16-9-7-8-10-17(16)18(15)19(21)20(13(2)3)14(4)5/h7-14H,6H2,1-5H3. The number of benzene rings is 2. The Morgan fingerprint density at radius 1 is 1.00 bits per heavy atom. The minimum Gasteiger partial charge on any atom is -0.357 e. The van der Waals surface area contributed by atoms with Crippen LogP contribution in [0.3, 0.4) is 0 Å². The van der Waals surface area contributed by atoms with E-state index in [4.69, 9.17) is 12.2 Å². The van der Waals surface area contributed by atoms with Crippen LogP contribution in [0.2, 0.25) is 0 Å². The van der Waals surface area contributed by atoms with Crippen LogP contribution < -0.4 is 0 Å². The third-order valence-electron chi connectivity index (χ3n) is 3.96. The van der Waals surface area contributed by atoms with Gasteiger partial charge in [-0.25, -0.2) is 0 Å². The first kappa shape index (κ1) is 16.0. The Morgan fingerprint density at radius 3 is 2.19 bits per heavy atom. The molecule has 0 amide bonds. The quantitative estimate of drug-likeness (QED) is 0.714. The molecule has 0 aliphatic carbocycles. The van der Waals surface area contributed by atoms with Crippen LogP contribution >= 0.6 is 12.2 Å². The van der Waals surface area contributed by atoms with Crippen molar-refractivity contribution in [2.45, 2.75) is 53.1 Å². The zero-order valence-electron chi connectivity index (χ0n) is 13.7. The summed E-state index contributed by atoms with van der Waals surface area (Å²) in [6, 6.07) is 13.8. The van der Waals surface area contributed by atoms with E-state index in [1.807, 2.05) is 0 Å². The van der Waals surface area contributed by atoms with Gasteiger partial charge in [-0.15, -0.1) is 0 Å². The molecule has 0 radical (unpaired) electrons. The molecular weight excluding hydrogens is 274 g/mol. The van der Waals surface area contributed by atoms with Gasteiger partial charge in [0.1, 0.15) is 4.99 Å². The molecule has 0 spiro atoms. The minimum absolute atomic E-state index is 0.404. The summed E-state index contributed by atoms with van der Waals surface area (Å²) in [5, 5.41) is 2.53. The molecule has 21 heavy (non-hydrogen) atoms. The first-order valence-corrected chi connectivity index (χ1v) is 8.21. The van der Waals surface area contributed by atoms with Crippen molar-refractivity contribution in [2.75, 3.05) is 0 Å². The fourth-order valence-electron chi connectivity index (χ4n) is 3.06. The lowest BCUT2D eigenvalue weighted by molar-refractivity contribution is 0.298. The topological polar surface area (TPSA) is 3.24 Å².